The van der Waals surface area contributed by atoms with Gasteiger partial charge in [-0.25, -0.2) is 9.78 Å². The molecule has 0 aromatic carbocycles. The Bertz CT molecular complexity index is 470. The van der Waals surface area contributed by atoms with Crippen molar-refractivity contribution < 1.29 is 14.6 Å². The number of rotatable bonds is 4. The lowest BCUT2D eigenvalue weighted by atomic mass is 10.1. The first-order valence-electron chi connectivity index (χ1n) is 6.24. The summed E-state index contributed by atoms with van der Waals surface area (Å²) in [5, 5.41) is 13.0. The number of nitrogens with zero attached hydrogens (tertiary/aromatic N) is 1. The molecule has 1 aliphatic carbocycles. The number of aryl methyl sites for hydroxylation is 1. The molecule has 1 saturated heterocycles. The maximum Gasteiger partial charge on any atom is 0.355 e. The highest BCUT2D eigenvalue weighted by Crippen LogP contribution is 2.40. The fourth-order valence-electron chi connectivity index (χ4n) is 2.47. The van der Waals surface area contributed by atoms with Crippen LogP contribution >= 0.6 is 11.3 Å². The van der Waals surface area contributed by atoms with Crippen LogP contribution in [0.1, 0.15) is 34.6 Å². The molecule has 6 heteroatoms. The summed E-state index contributed by atoms with van der Waals surface area (Å²) < 4.78 is 5.74. The number of aromatic nitrogens is 1. The van der Waals surface area contributed by atoms with Crippen molar-refractivity contribution >= 4 is 22.4 Å². The highest BCUT2D eigenvalue weighted by molar-refractivity contribution is 7.15. The lowest BCUT2D eigenvalue weighted by molar-refractivity contribution is 0.0690. The molecule has 0 amide bonds. The van der Waals surface area contributed by atoms with Gasteiger partial charge in [-0.05, 0) is 32.1 Å². The average molecular weight is 268 g/mol. The fraction of sp³-hybridized carbons (Fsp3) is 0.667. The van der Waals surface area contributed by atoms with E-state index in [2.05, 4.69) is 10.3 Å². The minimum atomic E-state index is -0.960. The van der Waals surface area contributed by atoms with Gasteiger partial charge in [-0.3, -0.25) is 0 Å². The standard InChI is InChI=1S/C12H16N2O3S/c1-6-9(11(15)16)14-12(18-6)13-8-4-5-17-10(8)7-2-3-7/h7-8,10H,2-5H2,1H3,(H,13,14)(H,15,16). The van der Waals surface area contributed by atoms with E-state index in [1.807, 2.05) is 0 Å². The number of aromatic carboxylic acids is 1. The Hall–Kier alpha value is -1.14. The Kier molecular flexibility index (Phi) is 2.99. The molecule has 2 aliphatic rings. The second-order valence-corrected chi connectivity index (χ2v) is 6.14. The second kappa shape index (κ2) is 4.51. The van der Waals surface area contributed by atoms with Crippen molar-refractivity contribution in [2.45, 2.75) is 38.3 Å². The van der Waals surface area contributed by atoms with E-state index in [9.17, 15) is 4.79 Å². The molecule has 0 spiro atoms. The number of carboxylic acid groups (broad SMARTS) is 1. The minimum absolute atomic E-state index is 0.157. The first-order chi connectivity index (χ1) is 8.65. The molecule has 0 bridgehead atoms. The van der Waals surface area contributed by atoms with E-state index in [1.165, 1.54) is 24.2 Å². The molecule has 2 fully saturated rings. The van der Waals surface area contributed by atoms with Crippen molar-refractivity contribution in [3.05, 3.63) is 10.6 Å². The number of anilines is 1. The molecule has 1 aliphatic heterocycles. The van der Waals surface area contributed by atoms with Gasteiger partial charge in [0.25, 0.3) is 0 Å². The normalized spacial score (nSPS) is 27.4. The number of hydrogen-bond acceptors (Lipinski definition) is 5. The van der Waals surface area contributed by atoms with E-state index < -0.39 is 5.97 Å². The first-order valence-corrected chi connectivity index (χ1v) is 7.05. The number of hydrogen-bond donors (Lipinski definition) is 2. The van der Waals surface area contributed by atoms with Crippen LogP contribution in [-0.4, -0.2) is 34.8 Å². The van der Waals surface area contributed by atoms with E-state index in [-0.39, 0.29) is 17.8 Å². The van der Waals surface area contributed by atoms with Crippen LogP contribution < -0.4 is 5.32 Å². The van der Waals surface area contributed by atoms with Crippen molar-refractivity contribution in [3.8, 4) is 0 Å². The molecule has 1 aromatic heterocycles. The third-order valence-electron chi connectivity index (χ3n) is 3.53. The zero-order valence-corrected chi connectivity index (χ0v) is 11.0. The second-order valence-electron chi connectivity index (χ2n) is 4.94. The molecule has 2 heterocycles. The van der Waals surface area contributed by atoms with E-state index in [4.69, 9.17) is 9.84 Å². The maximum absolute atomic E-state index is 10.9. The molecule has 98 valence electrons. The highest BCUT2D eigenvalue weighted by Gasteiger charge is 2.40. The molecular weight excluding hydrogens is 252 g/mol. The van der Waals surface area contributed by atoms with Gasteiger partial charge in [0.1, 0.15) is 0 Å². The Morgan fingerprint density at radius 3 is 2.89 bits per heavy atom. The van der Waals surface area contributed by atoms with Gasteiger partial charge in [0.05, 0.1) is 12.1 Å². The van der Waals surface area contributed by atoms with Gasteiger partial charge in [0.15, 0.2) is 10.8 Å². The summed E-state index contributed by atoms with van der Waals surface area (Å²) in [7, 11) is 0. The van der Waals surface area contributed by atoms with Crippen molar-refractivity contribution in [2.75, 3.05) is 11.9 Å². The molecule has 0 radical (unpaired) electrons. The fourth-order valence-corrected chi connectivity index (χ4v) is 3.34. The van der Waals surface area contributed by atoms with Crippen LogP contribution in [0.4, 0.5) is 5.13 Å². The predicted octanol–water partition coefficient (Wildman–Crippen LogP) is 2.13. The molecule has 5 nitrogen and oxygen atoms in total. The van der Waals surface area contributed by atoms with Crippen LogP contribution in [0, 0.1) is 12.8 Å². The molecule has 2 unspecified atom stereocenters. The predicted molar refractivity (Wildman–Crippen MR) is 68.3 cm³/mol. The number of thiazole rings is 1. The molecule has 1 aromatic rings. The maximum atomic E-state index is 10.9. The van der Waals surface area contributed by atoms with Crippen LogP contribution in [0.5, 0.6) is 0 Å². The van der Waals surface area contributed by atoms with Crippen molar-refractivity contribution in [3.63, 3.8) is 0 Å². The number of carbonyl (C=O) groups is 1. The third-order valence-corrected chi connectivity index (χ3v) is 4.43. The van der Waals surface area contributed by atoms with Gasteiger partial charge >= 0.3 is 5.97 Å². The number of carboxylic acids is 1. The van der Waals surface area contributed by atoms with Gasteiger partial charge in [0.2, 0.25) is 0 Å². The van der Waals surface area contributed by atoms with Gasteiger partial charge in [-0.15, -0.1) is 11.3 Å². The molecule has 2 atom stereocenters. The van der Waals surface area contributed by atoms with E-state index in [0.29, 0.717) is 11.0 Å². The topological polar surface area (TPSA) is 71.5 Å². The average Bonchev–Trinajstić information content (AvgIpc) is 2.95. The Morgan fingerprint density at radius 1 is 1.50 bits per heavy atom. The Balaban J connectivity index is 1.71. The zero-order chi connectivity index (χ0) is 12.7. The molecule has 3 rings (SSSR count). The Morgan fingerprint density at radius 2 is 2.28 bits per heavy atom. The summed E-state index contributed by atoms with van der Waals surface area (Å²) in [6, 6.07) is 0.282. The summed E-state index contributed by atoms with van der Waals surface area (Å²) in [4.78, 5) is 15.8. The lowest BCUT2D eigenvalue weighted by Gasteiger charge is -2.18. The summed E-state index contributed by atoms with van der Waals surface area (Å²) >= 11 is 1.41. The van der Waals surface area contributed by atoms with Gasteiger partial charge < -0.3 is 15.2 Å². The van der Waals surface area contributed by atoms with Crippen LogP contribution in [0.2, 0.25) is 0 Å². The summed E-state index contributed by atoms with van der Waals surface area (Å²) in [5.74, 6) is -0.275. The molecule has 1 saturated carbocycles. The quantitative estimate of drug-likeness (QED) is 0.875. The van der Waals surface area contributed by atoms with E-state index >= 15 is 0 Å². The van der Waals surface area contributed by atoms with Crippen molar-refractivity contribution in [1.29, 1.82) is 0 Å². The van der Waals surface area contributed by atoms with Crippen molar-refractivity contribution in [2.24, 2.45) is 5.92 Å². The van der Waals surface area contributed by atoms with E-state index in [1.54, 1.807) is 6.92 Å². The van der Waals surface area contributed by atoms with Gasteiger partial charge in [0, 0.05) is 11.5 Å². The van der Waals surface area contributed by atoms with E-state index in [0.717, 1.165) is 17.9 Å². The smallest absolute Gasteiger partial charge is 0.355 e. The summed E-state index contributed by atoms with van der Waals surface area (Å²) in [5.41, 5.74) is 0.157. The molecular formula is C12H16N2O3S. The Labute approximate surface area is 109 Å². The highest BCUT2D eigenvalue weighted by atomic mass is 32.1. The summed E-state index contributed by atoms with van der Waals surface area (Å²) in [6.45, 7) is 2.57. The van der Waals surface area contributed by atoms with Gasteiger partial charge in [-0.2, -0.15) is 0 Å². The SMILES string of the molecule is Cc1sc(NC2CCOC2C2CC2)nc1C(=O)O. The van der Waals surface area contributed by atoms with Gasteiger partial charge in [-0.1, -0.05) is 0 Å². The zero-order valence-electron chi connectivity index (χ0n) is 10.2. The van der Waals surface area contributed by atoms with Crippen LogP contribution in [0.3, 0.4) is 0 Å². The van der Waals surface area contributed by atoms with Crippen LogP contribution in [-0.2, 0) is 4.74 Å². The monoisotopic (exact) mass is 268 g/mol. The summed E-state index contributed by atoms with van der Waals surface area (Å²) in [6.07, 6.45) is 3.75. The third kappa shape index (κ3) is 2.22. The molecule has 18 heavy (non-hydrogen) atoms. The lowest BCUT2D eigenvalue weighted by Crippen LogP contribution is -2.30. The minimum Gasteiger partial charge on any atom is -0.476 e. The van der Waals surface area contributed by atoms with Crippen molar-refractivity contribution in [1.82, 2.24) is 4.98 Å². The number of ether oxygens (including phenoxy) is 1. The van der Waals surface area contributed by atoms with Crippen LogP contribution in [0.15, 0.2) is 0 Å². The molecule has 2 N–H and O–H groups in total. The van der Waals surface area contributed by atoms with Crippen LogP contribution in [0.25, 0.3) is 0 Å². The first kappa shape index (κ1) is 11.9. The number of nitrogens with one attached hydrogen (secondary N) is 1. The largest absolute Gasteiger partial charge is 0.476 e.